The molecule has 0 aromatic heterocycles. The van der Waals surface area contributed by atoms with Gasteiger partial charge in [-0.2, -0.15) is 0 Å². The van der Waals surface area contributed by atoms with Crippen LogP contribution in [0, 0.1) is 11.3 Å². The summed E-state index contributed by atoms with van der Waals surface area (Å²) in [4.78, 5) is 36.7. The van der Waals surface area contributed by atoms with Crippen molar-refractivity contribution in [2.45, 2.75) is 56.0 Å². The number of hydrogen-bond acceptors (Lipinski definition) is 4. The van der Waals surface area contributed by atoms with Crippen LogP contribution in [0.15, 0.2) is 48.5 Å². The number of carboxylic acids is 1. The molecule has 0 heterocycles. The summed E-state index contributed by atoms with van der Waals surface area (Å²) in [6.45, 7) is 0.239. The summed E-state index contributed by atoms with van der Waals surface area (Å²) in [6.07, 6.45) is 3.11. The van der Waals surface area contributed by atoms with Crippen molar-refractivity contribution in [1.82, 2.24) is 10.6 Å². The second-order valence-electron chi connectivity index (χ2n) is 10.5. The smallest absolute Gasteiger partial charge is 0.407 e. The molecule has 3 N–H and O–H groups in total. The van der Waals surface area contributed by atoms with Crippen LogP contribution in [0.3, 0.4) is 0 Å². The zero-order valence-electron chi connectivity index (χ0n) is 18.9. The minimum atomic E-state index is -0.746. The maximum atomic E-state index is 12.6. The Hall–Kier alpha value is -3.35. The van der Waals surface area contributed by atoms with Gasteiger partial charge in [-0.25, -0.2) is 4.79 Å². The highest BCUT2D eigenvalue weighted by atomic mass is 16.5. The van der Waals surface area contributed by atoms with Crippen molar-refractivity contribution in [3.05, 3.63) is 59.7 Å². The van der Waals surface area contributed by atoms with Gasteiger partial charge in [-0.1, -0.05) is 48.5 Å². The van der Waals surface area contributed by atoms with Gasteiger partial charge < -0.3 is 20.5 Å². The molecule has 0 bridgehead atoms. The molecule has 3 fully saturated rings. The number of ether oxygens (including phenoxy) is 1. The monoisotopic (exact) mass is 460 g/mol. The normalized spacial score (nSPS) is 27.2. The van der Waals surface area contributed by atoms with E-state index in [2.05, 4.69) is 34.9 Å². The molecule has 2 amide bonds. The highest BCUT2D eigenvalue weighted by Crippen LogP contribution is 2.63. The van der Waals surface area contributed by atoms with Crippen molar-refractivity contribution in [2.24, 2.45) is 11.3 Å². The maximum absolute atomic E-state index is 12.6. The highest BCUT2D eigenvalue weighted by Gasteiger charge is 2.65. The molecule has 3 saturated carbocycles. The van der Waals surface area contributed by atoms with Crippen LogP contribution in [-0.4, -0.2) is 41.3 Å². The van der Waals surface area contributed by atoms with E-state index in [1.165, 1.54) is 11.1 Å². The van der Waals surface area contributed by atoms with E-state index in [-0.39, 0.29) is 36.8 Å². The highest BCUT2D eigenvalue weighted by molar-refractivity contribution is 5.82. The lowest BCUT2D eigenvalue weighted by Crippen LogP contribution is -2.43. The van der Waals surface area contributed by atoms with Crippen LogP contribution in [-0.2, 0) is 14.3 Å². The fraction of sp³-hybridized carbons (Fsp3) is 0.444. The number of benzene rings is 2. The number of carboxylic acid groups (broad SMARTS) is 1. The number of nitrogens with one attached hydrogen (secondary N) is 2. The quantitative estimate of drug-likeness (QED) is 0.583. The standard InChI is InChI=1S/C27H28N2O5/c30-23(28-17-11-16-12-27(16,13-17)24(31)32)14-26(9-10-26)29-25(33)34-15-22-20-7-3-1-5-18(20)19-6-2-4-8-21(19)22/h1-8,16-17,22H,9-15H2,(H,28,30)(H,29,33)(H,31,32). The van der Waals surface area contributed by atoms with Gasteiger partial charge in [-0.3, -0.25) is 9.59 Å². The van der Waals surface area contributed by atoms with Gasteiger partial charge in [-0.05, 0) is 60.3 Å². The summed E-state index contributed by atoms with van der Waals surface area (Å²) in [5, 5.41) is 15.3. The van der Waals surface area contributed by atoms with Gasteiger partial charge in [0, 0.05) is 18.4 Å². The third-order valence-corrected chi connectivity index (χ3v) is 8.27. The average Bonchev–Trinajstić information content (AvgIpc) is 3.66. The average molecular weight is 461 g/mol. The van der Waals surface area contributed by atoms with Crippen molar-refractivity contribution in [1.29, 1.82) is 0 Å². The Balaban J connectivity index is 1.03. The Morgan fingerprint density at radius 1 is 0.971 bits per heavy atom. The molecule has 34 heavy (non-hydrogen) atoms. The minimum absolute atomic E-state index is 0.00745. The van der Waals surface area contributed by atoms with Gasteiger partial charge in [0.25, 0.3) is 0 Å². The molecule has 7 nitrogen and oxygen atoms in total. The van der Waals surface area contributed by atoms with Crippen molar-refractivity contribution in [3.63, 3.8) is 0 Å². The summed E-state index contributed by atoms with van der Waals surface area (Å²) in [6, 6.07) is 16.3. The minimum Gasteiger partial charge on any atom is -0.481 e. The van der Waals surface area contributed by atoms with Crippen LogP contribution in [0.1, 0.15) is 55.6 Å². The number of carbonyl (C=O) groups excluding carboxylic acids is 2. The fourth-order valence-electron chi connectivity index (χ4n) is 6.20. The molecule has 7 heteroatoms. The predicted octanol–water partition coefficient (Wildman–Crippen LogP) is 3.82. The number of fused-ring (bicyclic) bond motifs is 4. The lowest BCUT2D eigenvalue weighted by atomic mass is 9.98. The Labute approximate surface area is 197 Å². The largest absolute Gasteiger partial charge is 0.481 e. The molecule has 4 aliphatic rings. The van der Waals surface area contributed by atoms with E-state index in [1.54, 1.807) is 0 Å². The number of amides is 2. The third-order valence-electron chi connectivity index (χ3n) is 8.27. The van der Waals surface area contributed by atoms with Gasteiger partial charge in [0.15, 0.2) is 0 Å². The molecule has 2 aromatic rings. The Bertz CT molecular complexity index is 1140. The lowest BCUT2D eigenvalue weighted by Gasteiger charge is -2.21. The summed E-state index contributed by atoms with van der Waals surface area (Å²) < 4.78 is 5.64. The van der Waals surface area contributed by atoms with Gasteiger partial charge in [-0.15, -0.1) is 0 Å². The molecule has 2 aromatic carbocycles. The van der Waals surface area contributed by atoms with Crippen LogP contribution in [0.2, 0.25) is 0 Å². The first kappa shape index (κ1) is 21.2. The first-order valence-corrected chi connectivity index (χ1v) is 12.1. The molecular formula is C27H28N2O5. The Morgan fingerprint density at radius 3 is 2.21 bits per heavy atom. The third kappa shape index (κ3) is 3.54. The van der Waals surface area contributed by atoms with E-state index in [0.717, 1.165) is 36.8 Å². The van der Waals surface area contributed by atoms with Crippen LogP contribution in [0.5, 0.6) is 0 Å². The molecule has 3 atom stereocenters. The molecule has 0 saturated heterocycles. The molecule has 3 unspecified atom stereocenters. The van der Waals surface area contributed by atoms with Crippen LogP contribution in [0.25, 0.3) is 11.1 Å². The fourth-order valence-corrected chi connectivity index (χ4v) is 6.20. The van der Waals surface area contributed by atoms with Crippen LogP contribution in [0.4, 0.5) is 4.79 Å². The van der Waals surface area contributed by atoms with Crippen LogP contribution < -0.4 is 10.6 Å². The second-order valence-corrected chi connectivity index (χ2v) is 10.5. The molecule has 0 spiro atoms. The summed E-state index contributed by atoms with van der Waals surface area (Å²) >= 11 is 0. The van der Waals surface area contributed by atoms with E-state index in [9.17, 15) is 19.5 Å². The Morgan fingerprint density at radius 2 is 1.62 bits per heavy atom. The number of aliphatic carboxylic acids is 1. The Kier molecular flexibility index (Phi) is 4.73. The van der Waals surface area contributed by atoms with Gasteiger partial charge in [0.2, 0.25) is 5.91 Å². The van der Waals surface area contributed by atoms with Gasteiger partial charge >= 0.3 is 12.1 Å². The molecule has 4 aliphatic carbocycles. The summed E-state index contributed by atoms with van der Waals surface area (Å²) in [5.41, 5.74) is 3.50. The van der Waals surface area contributed by atoms with E-state index in [0.29, 0.717) is 6.42 Å². The van der Waals surface area contributed by atoms with Gasteiger partial charge in [0.1, 0.15) is 6.61 Å². The molecule has 176 valence electrons. The number of alkyl carbamates (subject to hydrolysis) is 1. The zero-order chi connectivity index (χ0) is 23.5. The lowest BCUT2D eigenvalue weighted by molar-refractivity contribution is -0.143. The summed E-state index contributed by atoms with van der Waals surface area (Å²) in [5.74, 6) is -0.704. The summed E-state index contributed by atoms with van der Waals surface area (Å²) in [7, 11) is 0. The van der Waals surface area contributed by atoms with Crippen molar-refractivity contribution in [3.8, 4) is 11.1 Å². The number of rotatable bonds is 7. The first-order valence-electron chi connectivity index (χ1n) is 12.1. The molecule has 0 aliphatic heterocycles. The van der Waals surface area contributed by atoms with Crippen LogP contribution >= 0.6 is 0 Å². The SMILES string of the molecule is O=C(CC1(NC(=O)OCC2c3ccccc3-c3ccccc32)CC1)NC1CC2CC2(C(=O)O)C1. The molecule has 6 rings (SSSR count). The van der Waals surface area contributed by atoms with Crippen molar-refractivity contribution in [2.75, 3.05) is 6.61 Å². The predicted molar refractivity (Wildman–Crippen MR) is 124 cm³/mol. The maximum Gasteiger partial charge on any atom is 0.407 e. The topological polar surface area (TPSA) is 105 Å². The van der Waals surface area contributed by atoms with Crippen molar-refractivity contribution >= 4 is 18.0 Å². The zero-order valence-corrected chi connectivity index (χ0v) is 18.9. The van der Waals surface area contributed by atoms with E-state index >= 15 is 0 Å². The van der Waals surface area contributed by atoms with Crippen molar-refractivity contribution < 1.29 is 24.2 Å². The van der Waals surface area contributed by atoms with E-state index in [4.69, 9.17) is 4.74 Å². The first-order chi connectivity index (χ1) is 16.4. The number of carbonyl (C=O) groups is 3. The molecular weight excluding hydrogens is 432 g/mol. The van der Waals surface area contributed by atoms with E-state index in [1.807, 2.05) is 24.3 Å². The van der Waals surface area contributed by atoms with Gasteiger partial charge in [0.05, 0.1) is 11.0 Å². The molecule has 0 radical (unpaired) electrons. The number of hydrogen-bond donors (Lipinski definition) is 3. The van der Waals surface area contributed by atoms with E-state index < -0.39 is 23.0 Å². The second kappa shape index (κ2) is 7.58.